The highest BCUT2D eigenvalue weighted by Crippen LogP contribution is 2.38. The van der Waals surface area contributed by atoms with E-state index in [4.69, 9.17) is 0 Å². The molecule has 1 aromatic carbocycles. The molecule has 2 aromatic rings. The van der Waals surface area contributed by atoms with E-state index in [1.807, 2.05) is 11.0 Å². The summed E-state index contributed by atoms with van der Waals surface area (Å²) in [6.45, 7) is 5.88. The zero-order valence-electron chi connectivity index (χ0n) is 15.2. The van der Waals surface area contributed by atoms with Gasteiger partial charge in [0, 0.05) is 50.6 Å². The van der Waals surface area contributed by atoms with E-state index in [9.17, 15) is 9.18 Å². The van der Waals surface area contributed by atoms with Crippen LogP contribution in [0.5, 0.6) is 0 Å². The quantitative estimate of drug-likeness (QED) is 0.763. The van der Waals surface area contributed by atoms with Crippen molar-refractivity contribution in [3.8, 4) is 0 Å². The van der Waals surface area contributed by atoms with E-state index in [2.05, 4.69) is 26.6 Å². The third-order valence-corrected chi connectivity index (χ3v) is 7.17. The Bertz CT molecular complexity index is 762. The number of amides is 1. The molecule has 0 bridgehead atoms. The third kappa shape index (κ3) is 4.54. The van der Waals surface area contributed by atoms with Crippen LogP contribution in [0.2, 0.25) is 0 Å². The SMILES string of the molecule is O=C(CN1CCN(Cc2ccsc2)CC1)N1CCS[C@H]1c1ccccc1F. The van der Waals surface area contributed by atoms with Gasteiger partial charge in [-0.1, -0.05) is 18.2 Å². The first-order valence-electron chi connectivity index (χ1n) is 9.32. The number of thioether (sulfide) groups is 1. The van der Waals surface area contributed by atoms with Crippen molar-refractivity contribution in [1.29, 1.82) is 0 Å². The summed E-state index contributed by atoms with van der Waals surface area (Å²) in [5, 5.41) is 4.12. The number of hydrogen-bond donors (Lipinski definition) is 0. The molecule has 0 aliphatic carbocycles. The van der Waals surface area contributed by atoms with E-state index >= 15 is 0 Å². The number of thiophene rings is 1. The molecule has 4 rings (SSSR count). The average Bonchev–Trinajstić information content (AvgIpc) is 3.35. The van der Waals surface area contributed by atoms with Crippen LogP contribution in [0.25, 0.3) is 0 Å². The van der Waals surface area contributed by atoms with Crippen LogP contribution in [-0.2, 0) is 11.3 Å². The second-order valence-electron chi connectivity index (χ2n) is 7.02. The molecule has 2 aliphatic rings. The Morgan fingerprint density at radius 3 is 2.59 bits per heavy atom. The zero-order valence-corrected chi connectivity index (χ0v) is 16.9. The minimum absolute atomic E-state index is 0.111. The molecule has 1 amide bonds. The van der Waals surface area contributed by atoms with Crippen LogP contribution in [-0.4, -0.2) is 65.6 Å². The Morgan fingerprint density at radius 1 is 1.07 bits per heavy atom. The number of nitrogens with zero attached hydrogens (tertiary/aromatic N) is 3. The first-order chi connectivity index (χ1) is 13.2. The van der Waals surface area contributed by atoms with Gasteiger partial charge in [0.1, 0.15) is 11.2 Å². The van der Waals surface area contributed by atoms with E-state index in [1.165, 1.54) is 11.6 Å². The van der Waals surface area contributed by atoms with Crippen LogP contribution in [0.4, 0.5) is 4.39 Å². The smallest absolute Gasteiger partial charge is 0.237 e. The van der Waals surface area contributed by atoms with Crippen LogP contribution in [0, 0.1) is 5.82 Å². The van der Waals surface area contributed by atoms with Crippen molar-refractivity contribution in [2.45, 2.75) is 11.9 Å². The van der Waals surface area contributed by atoms with Crippen molar-refractivity contribution in [2.75, 3.05) is 45.0 Å². The van der Waals surface area contributed by atoms with Gasteiger partial charge in [0.15, 0.2) is 0 Å². The van der Waals surface area contributed by atoms with Gasteiger partial charge in [0.05, 0.1) is 6.54 Å². The zero-order chi connectivity index (χ0) is 18.6. The minimum Gasteiger partial charge on any atom is -0.325 e. The summed E-state index contributed by atoms with van der Waals surface area (Å²) in [6, 6.07) is 8.98. The van der Waals surface area contributed by atoms with E-state index < -0.39 is 0 Å². The predicted molar refractivity (Wildman–Crippen MR) is 109 cm³/mol. The summed E-state index contributed by atoms with van der Waals surface area (Å²) in [7, 11) is 0. The third-order valence-electron chi connectivity index (χ3n) is 5.19. The molecule has 2 aliphatic heterocycles. The number of benzene rings is 1. The number of carbonyl (C=O) groups is 1. The van der Waals surface area contributed by atoms with E-state index in [0.29, 0.717) is 18.7 Å². The van der Waals surface area contributed by atoms with E-state index in [0.717, 1.165) is 38.5 Å². The lowest BCUT2D eigenvalue weighted by Gasteiger charge is -2.35. The summed E-state index contributed by atoms with van der Waals surface area (Å²) in [4.78, 5) is 19.4. The van der Waals surface area contributed by atoms with Crippen molar-refractivity contribution in [3.05, 3.63) is 58.0 Å². The first-order valence-corrected chi connectivity index (χ1v) is 11.3. The molecule has 0 spiro atoms. The van der Waals surface area contributed by atoms with Crippen LogP contribution >= 0.6 is 23.1 Å². The van der Waals surface area contributed by atoms with Crippen LogP contribution in [0.1, 0.15) is 16.5 Å². The summed E-state index contributed by atoms with van der Waals surface area (Å²) < 4.78 is 14.2. The average molecular weight is 406 g/mol. The highest BCUT2D eigenvalue weighted by Gasteiger charge is 2.33. The van der Waals surface area contributed by atoms with Gasteiger partial charge in [0.2, 0.25) is 5.91 Å². The standard InChI is InChI=1S/C20H24FN3OS2/c21-18-4-2-1-3-17(18)20-24(10-12-27-20)19(25)14-23-8-6-22(7-9-23)13-16-5-11-26-15-16/h1-5,11,15,20H,6-10,12-14H2/t20-/m0/s1. The monoisotopic (exact) mass is 405 g/mol. The molecule has 144 valence electrons. The fourth-order valence-corrected chi connectivity index (χ4v) is 5.65. The lowest BCUT2D eigenvalue weighted by Crippen LogP contribution is -2.49. The summed E-state index contributed by atoms with van der Waals surface area (Å²) in [5.74, 6) is 0.746. The maximum absolute atomic E-state index is 14.2. The number of carbonyl (C=O) groups excluding carboxylic acids is 1. The molecule has 2 saturated heterocycles. The van der Waals surface area contributed by atoms with Crippen LogP contribution < -0.4 is 0 Å². The highest BCUT2D eigenvalue weighted by molar-refractivity contribution is 7.99. The maximum Gasteiger partial charge on any atom is 0.237 e. The molecule has 7 heteroatoms. The topological polar surface area (TPSA) is 26.8 Å². The number of halogens is 1. The van der Waals surface area contributed by atoms with Gasteiger partial charge in [-0.15, -0.1) is 11.8 Å². The van der Waals surface area contributed by atoms with Crippen molar-refractivity contribution in [3.63, 3.8) is 0 Å². The molecule has 1 atom stereocenters. The molecule has 4 nitrogen and oxygen atoms in total. The molecule has 2 fully saturated rings. The number of rotatable bonds is 5. The van der Waals surface area contributed by atoms with Gasteiger partial charge in [0.25, 0.3) is 0 Å². The van der Waals surface area contributed by atoms with Crippen molar-refractivity contribution >= 4 is 29.0 Å². The highest BCUT2D eigenvalue weighted by atomic mass is 32.2. The summed E-state index contributed by atoms with van der Waals surface area (Å²) in [5.41, 5.74) is 1.99. The molecule has 0 radical (unpaired) electrons. The molecule has 0 unspecified atom stereocenters. The molecular formula is C20H24FN3OS2. The summed E-state index contributed by atoms with van der Waals surface area (Å²) >= 11 is 3.38. The van der Waals surface area contributed by atoms with Crippen molar-refractivity contribution in [2.24, 2.45) is 0 Å². The van der Waals surface area contributed by atoms with Crippen LogP contribution in [0.15, 0.2) is 41.1 Å². The normalized spacial score (nSPS) is 21.7. The molecule has 3 heterocycles. The van der Waals surface area contributed by atoms with Gasteiger partial charge in [-0.3, -0.25) is 14.6 Å². The van der Waals surface area contributed by atoms with Gasteiger partial charge < -0.3 is 4.90 Å². The fourth-order valence-electron chi connectivity index (χ4n) is 3.69. The predicted octanol–water partition coefficient (Wildman–Crippen LogP) is 3.28. The molecule has 0 saturated carbocycles. The maximum atomic E-state index is 14.2. The van der Waals surface area contributed by atoms with E-state index in [1.54, 1.807) is 35.2 Å². The Hall–Kier alpha value is -1.41. The van der Waals surface area contributed by atoms with Gasteiger partial charge in [-0.2, -0.15) is 11.3 Å². The lowest BCUT2D eigenvalue weighted by atomic mass is 10.2. The Labute approximate surface area is 167 Å². The van der Waals surface area contributed by atoms with Crippen molar-refractivity contribution in [1.82, 2.24) is 14.7 Å². The number of hydrogen-bond acceptors (Lipinski definition) is 5. The van der Waals surface area contributed by atoms with E-state index in [-0.39, 0.29) is 17.1 Å². The lowest BCUT2D eigenvalue weighted by molar-refractivity contribution is -0.133. The molecular weight excluding hydrogens is 381 g/mol. The van der Waals surface area contributed by atoms with Gasteiger partial charge in [-0.25, -0.2) is 4.39 Å². The fraction of sp³-hybridized carbons (Fsp3) is 0.450. The minimum atomic E-state index is -0.225. The van der Waals surface area contributed by atoms with Crippen LogP contribution in [0.3, 0.4) is 0 Å². The van der Waals surface area contributed by atoms with Gasteiger partial charge >= 0.3 is 0 Å². The largest absolute Gasteiger partial charge is 0.325 e. The Morgan fingerprint density at radius 2 is 1.85 bits per heavy atom. The van der Waals surface area contributed by atoms with Gasteiger partial charge in [-0.05, 0) is 28.5 Å². The second-order valence-corrected chi connectivity index (χ2v) is 8.98. The Balaban J connectivity index is 1.31. The summed E-state index contributed by atoms with van der Waals surface area (Å²) in [6.07, 6.45) is 0. The molecule has 1 aromatic heterocycles. The molecule has 0 N–H and O–H groups in total. The first kappa shape index (κ1) is 18.9. The number of piperazine rings is 1. The molecule has 27 heavy (non-hydrogen) atoms. The Kier molecular flexibility index (Phi) is 6.12. The van der Waals surface area contributed by atoms with Crippen molar-refractivity contribution < 1.29 is 9.18 Å². The second kappa shape index (κ2) is 8.73.